The van der Waals surface area contributed by atoms with E-state index in [-0.39, 0.29) is 10.5 Å². The molecule has 1 heterocycles. The van der Waals surface area contributed by atoms with Gasteiger partial charge in [-0.3, -0.25) is 0 Å². The lowest BCUT2D eigenvalue weighted by Gasteiger charge is -2.13. The molecule has 0 spiro atoms. The summed E-state index contributed by atoms with van der Waals surface area (Å²) in [6.45, 7) is 0. The Morgan fingerprint density at radius 3 is 2.55 bits per heavy atom. The maximum atomic E-state index is 11.3. The second-order valence-electron chi connectivity index (χ2n) is 4.41. The summed E-state index contributed by atoms with van der Waals surface area (Å²) in [6.07, 6.45) is 0. The summed E-state index contributed by atoms with van der Waals surface area (Å²) >= 11 is 15.9. The van der Waals surface area contributed by atoms with Gasteiger partial charge < -0.3 is 9.97 Å². The fourth-order valence-corrected chi connectivity index (χ4v) is 3.30. The van der Waals surface area contributed by atoms with Crippen molar-refractivity contribution in [2.75, 3.05) is 0 Å². The Balaban J connectivity index is 2.09. The Morgan fingerprint density at radius 2 is 1.75 bits per heavy atom. The molecule has 6 heteroatoms. The van der Waals surface area contributed by atoms with Gasteiger partial charge in [-0.15, -0.1) is 0 Å². The van der Waals surface area contributed by atoms with Crippen LogP contribution in [0.2, 0.25) is 10.0 Å². The first-order valence-electron chi connectivity index (χ1n) is 5.85. The Morgan fingerprint density at radius 1 is 1.00 bits per heavy atom. The summed E-state index contributed by atoms with van der Waals surface area (Å²) in [5.74, 6) is 0. The van der Waals surface area contributed by atoms with Gasteiger partial charge in [0.25, 0.3) is 0 Å². The highest BCUT2D eigenvalue weighted by Gasteiger charge is 2.15. The smallest absolute Gasteiger partial charge is 0.306 e. The number of aromatic amines is 2. The zero-order valence-corrected chi connectivity index (χ0v) is 13.2. The maximum absolute atomic E-state index is 11.3. The van der Waals surface area contributed by atoms with Crippen molar-refractivity contribution in [3.63, 3.8) is 0 Å². The van der Waals surface area contributed by atoms with E-state index in [0.29, 0.717) is 10.0 Å². The van der Waals surface area contributed by atoms with Crippen LogP contribution in [-0.4, -0.2) is 9.97 Å². The van der Waals surface area contributed by atoms with Crippen LogP contribution in [0.3, 0.4) is 0 Å². The number of alkyl halides is 1. The quantitative estimate of drug-likeness (QED) is 0.633. The Kier molecular flexibility index (Phi) is 3.63. The van der Waals surface area contributed by atoms with Crippen LogP contribution >= 0.6 is 39.1 Å². The SMILES string of the molecule is O=c1[nH]c2ccc(C(Br)c3cc(Cl)ccc3Cl)cc2[nH]1. The molecule has 1 aromatic heterocycles. The maximum Gasteiger partial charge on any atom is 0.323 e. The molecule has 1 atom stereocenters. The molecule has 3 rings (SSSR count). The molecule has 0 saturated heterocycles. The fourth-order valence-electron chi connectivity index (χ4n) is 2.10. The van der Waals surface area contributed by atoms with Gasteiger partial charge in [-0.1, -0.05) is 45.2 Å². The van der Waals surface area contributed by atoms with Gasteiger partial charge in [0.2, 0.25) is 0 Å². The van der Waals surface area contributed by atoms with Gasteiger partial charge in [-0.25, -0.2) is 4.79 Å². The molecule has 0 saturated carbocycles. The van der Waals surface area contributed by atoms with Gasteiger partial charge in [-0.2, -0.15) is 0 Å². The van der Waals surface area contributed by atoms with Gasteiger partial charge in [0.1, 0.15) is 0 Å². The molecule has 3 nitrogen and oxygen atoms in total. The summed E-state index contributed by atoms with van der Waals surface area (Å²) in [5, 5.41) is 1.27. The van der Waals surface area contributed by atoms with Crippen molar-refractivity contribution in [3.05, 3.63) is 68.1 Å². The third-order valence-corrected chi connectivity index (χ3v) is 4.66. The van der Waals surface area contributed by atoms with Crippen molar-refractivity contribution in [3.8, 4) is 0 Å². The van der Waals surface area contributed by atoms with Crippen LogP contribution < -0.4 is 5.69 Å². The molecule has 2 N–H and O–H groups in total. The topological polar surface area (TPSA) is 48.6 Å². The molecule has 20 heavy (non-hydrogen) atoms. The molecule has 0 fully saturated rings. The molecular weight excluding hydrogens is 363 g/mol. The van der Waals surface area contributed by atoms with Crippen molar-refractivity contribution >= 4 is 50.2 Å². The third-order valence-electron chi connectivity index (χ3n) is 3.06. The second-order valence-corrected chi connectivity index (χ2v) is 6.17. The van der Waals surface area contributed by atoms with Crippen LogP contribution in [0.15, 0.2) is 41.2 Å². The Hall–Kier alpha value is -1.23. The minimum absolute atomic E-state index is 0.100. The van der Waals surface area contributed by atoms with Crippen LogP contribution in [0.25, 0.3) is 11.0 Å². The number of hydrogen-bond donors (Lipinski definition) is 2. The Bertz CT molecular complexity index is 841. The van der Waals surface area contributed by atoms with Gasteiger partial charge in [0.15, 0.2) is 0 Å². The molecule has 1 unspecified atom stereocenters. The number of benzene rings is 2. The van der Waals surface area contributed by atoms with E-state index in [1.54, 1.807) is 12.1 Å². The fraction of sp³-hybridized carbons (Fsp3) is 0.0714. The van der Waals surface area contributed by atoms with E-state index in [1.807, 2.05) is 24.3 Å². The van der Waals surface area contributed by atoms with Crippen LogP contribution in [-0.2, 0) is 0 Å². The van der Waals surface area contributed by atoms with E-state index in [2.05, 4.69) is 25.9 Å². The number of fused-ring (bicyclic) bond motifs is 1. The molecule has 2 aromatic carbocycles. The second kappa shape index (κ2) is 5.28. The average molecular weight is 372 g/mol. The standard InChI is InChI=1S/C14H9BrCl2N2O/c15-13(9-6-8(16)2-3-10(9)17)7-1-4-11-12(5-7)19-14(20)18-11/h1-6,13H,(H2,18,19,20). The summed E-state index contributed by atoms with van der Waals surface area (Å²) in [6, 6.07) is 11.0. The van der Waals surface area contributed by atoms with Gasteiger partial charge in [-0.05, 0) is 41.5 Å². The van der Waals surface area contributed by atoms with Crippen molar-refractivity contribution in [1.29, 1.82) is 0 Å². The number of nitrogens with one attached hydrogen (secondary N) is 2. The van der Waals surface area contributed by atoms with Crippen LogP contribution in [0.4, 0.5) is 0 Å². The predicted octanol–water partition coefficient (Wildman–Crippen LogP) is 4.65. The lowest BCUT2D eigenvalue weighted by atomic mass is 10.0. The molecule has 0 amide bonds. The summed E-state index contributed by atoms with van der Waals surface area (Å²) in [7, 11) is 0. The largest absolute Gasteiger partial charge is 0.323 e. The van der Waals surface area contributed by atoms with Crippen LogP contribution in [0.1, 0.15) is 16.0 Å². The zero-order chi connectivity index (χ0) is 14.3. The highest BCUT2D eigenvalue weighted by atomic mass is 79.9. The molecule has 0 radical (unpaired) electrons. The average Bonchev–Trinajstić information content (AvgIpc) is 2.79. The van der Waals surface area contributed by atoms with Crippen LogP contribution in [0.5, 0.6) is 0 Å². The van der Waals surface area contributed by atoms with Gasteiger partial charge in [0.05, 0.1) is 15.9 Å². The van der Waals surface area contributed by atoms with Crippen molar-refractivity contribution in [2.24, 2.45) is 0 Å². The molecule has 102 valence electrons. The van der Waals surface area contributed by atoms with E-state index < -0.39 is 0 Å². The molecule has 0 aliphatic rings. The predicted molar refractivity (Wildman–Crippen MR) is 86.2 cm³/mol. The highest BCUT2D eigenvalue weighted by molar-refractivity contribution is 9.09. The third kappa shape index (κ3) is 2.51. The molecule has 0 aliphatic heterocycles. The van der Waals surface area contributed by atoms with E-state index in [4.69, 9.17) is 23.2 Å². The van der Waals surface area contributed by atoms with Crippen molar-refractivity contribution in [2.45, 2.75) is 4.83 Å². The van der Waals surface area contributed by atoms with Crippen molar-refractivity contribution < 1.29 is 0 Å². The first-order valence-corrected chi connectivity index (χ1v) is 7.53. The number of imidazole rings is 1. The highest BCUT2D eigenvalue weighted by Crippen LogP contribution is 2.37. The first kappa shape index (κ1) is 13.7. The summed E-state index contributed by atoms with van der Waals surface area (Å²) in [4.78, 5) is 16.6. The number of halogens is 3. The lowest BCUT2D eigenvalue weighted by Crippen LogP contribution is -1.99. The van der Waals surface area contributed by atoms with E-state index in [0.717, 1.165) is 22.2 Å². The molecule has 0 bridgehead atoms. The minimum Gasteiger partial charge on any atom is -0.306 e. The first-order chi connectivity index (χ1) is 9.54. The van der Waals surface area contributed by atoms with Crippen molar-refractivity contribution in [1.82, 2.24) is 9.97 Å². The Labute approximate surface area is 133 Å². The molecule has 0 aliphatic carbocycles. The molecule has 3 aromatic rings. The zero-order valence-electron chi connectivity index (χ0n) is 10.1. The monoisotopic (exact) mass is 370 g/mol. The van der Waals surface area contributed by atoms with Gasteiger partial charge >= 0.3 is 5.69 Å². The van der Waals surface area contributed by atoms with E-state index >= 15 is 0 Å². The normalized spacial score (nSPS) is 12.8. The summed E-state index contributed by atoms with van der Waals surface area (Å²) in [5.41, 5.74) is 3.18. The lowest BCUT2D eigenvalue weighted by molar-refractivity contribution is 1.18. The van der Waals surface area contributed by atoms with E-state index in [1.165, 1.54) is 0 Å². The summed E-state index contributed by atoms with van der Waals surface area (Å²) < 4.78 is 0. The van der Waals surface area contributed by atoms with Crippen LogP contribution in [0, 0.1) is 0 Å². The van der Waals surface area contributed by atoms with Gasteiger partial charge in [0, 0.05) is 10.0 Å². The molecular formula is C14H9BrCl2N2O. The number of hydrogen-bond acceptors (Lipinski definition) is 1. The van der Waals surface area contributed by atoms with E-state index in [9.17, 15) is 4.79 Å². The minimum atomic E-state index is -0.218. The number of aromatic nitrogens is 2. The number of H-pyrrole nitrogens is 2. The number of rotatable bonds is 2.